The van der Waals surface area contributed by atoms with Crippen molar-refractivity contribution in [1.29, 1.82) is 0 Å². The average Bonchev–Trinajstić information content (AvgIpc) is 2.23. The van der Waals surface area contributed by atoms with E-state index in [1.165, 1.54) is 0 Å². The zero-order valence-electron chi connectivity index (χ0n) is 9.56. The number of nitrogens with two attached hydrogens (primary N) is 1. The minimum absolute atomic E-state index is 0.138. The number of hydrogen-bond acceptors (Lipinski definition) is 2. The molecule has 0 aliphatic carbocycles. The summed E-state index contributed by atoms with van der Waals surface area (Å²) < 4.78 is 123. The van der Waals surface area contributed by atoms with Gasteiger partial charge in [-0.2, -0.15) is 26.3 Å². The van der Waals surface area contributed by atoms with Gasteiger partial charge in [0.1, 0.15) is 5.82 Å². The molecule has 2 N–H and O–H groups in total. The first-order chi connectivity index (χ1) is 9.12. The normalized spacial score (nSPS) is 14.3. The molecule has 120 valence electrons. The number of primary sulfonamides is 1. The van der Waals surface area contributed by atoms with Crippen LogP contribution in [-0.2, 0) is 15.7 Å². The van der Waals surface area contributed by atoms with Crippen molar-refractivity contribution in [3.63, 3.8) is 0 Å². The van der Waals surface area contributed by atoms with Crippen LogP contribution in [0.3, 0.4) is 0 Å². The monoisotopic (exact) mass is 343 g/mol. The van der Waals surface area contributed by atoms with E-state index >= 15 is 0 Å². The lowest BCUT2D eigenvalue weighted by Crippen LogP contribution is -2.51. The zero-order valence-corrected chi connectivity index (χ0v) is 10.4. The summed E-state index contributed by atoms with van der Waals surface area (Å²) in [6.45, 7) is 0. The number of hydrogen-bond donors (Lipinski definition) is 1. The molecule has 0 saturated heterocycles. The molecule has 3 nitrogen and oxygen atoms in total. The van der Waals surface area contributed by atoms with E-state index in [-0.39, 0.29) is 18.2 Å². The summed E-state index contributed by atoms with van der Waals surface area (Å²) in [5.41, 5.74) is -8.39. The van der Waals surface area contributed by atoms with Crippen molar-refractivity contribution in [1.82, 2.24) is 0 Å². The van der Waals surface area contributed by atoms with Gasteiger partial charge in [-0.1, -0.05) is 6.07 Å². The van der Waals surface area contributed by atoms with Gasteiger partial charge < -0.3 is 0 Å². The van der Waals surface area contributed by atoms with E-state index in [0.29, 0.717) is 0 Å². The third kappa shape index (κ3) is 2.95. The van der Waals surface area contributed by atoms with Gasteiger partial charge in [-0.25, -0.2) is 22.3 Å². The van der Waals surface area contributed by atoms with E-state index in [9.17, 15) is 43.5 Å². The highest BCUT2D eigenvalue weighted by Gasteiger charge is 2.74. The Labute approximate surface area is 112 Å². The quantitative estimate of drug-likeness (QED) is 0.840. The van der Waals surface area contributed by atoms with E-state index in [2.05, 4.69) is 5.14 Å². The molecule has 12 heteroatoms. The third-order valence-electron chi connectivity index (χ3n) is 2.42. The van der Waals surface area contributed by atoms with Gasteiger partial charge in [0.05, 0.1) is 4.90 Å². The van der Waals surface area contributed by atoms with Crippen LogP contribution < -0.4 is 5.14 Å². The van der Waals surface area contributed by atoms with Gasteiger partial charge in [0.2, 0.25) is 10.0 Å². The second kappa shape index (κ2) is 4.80. The molecule has 0 spiro atoms. The molecule has 21 heavy (non-hydrogen) atoms. The van der Waals surface area contributed by atoms with E-state index in [1.54, 1.807) is 0 Å². The van der Waals surface area contributed by atoms with Crippen LogP contribution in [0, 0.1) is 5.82 Å². The van der Waals surface area contributed by atoms with Crippen molar-refractivity contribution in [3.8, 4) is 0 Å². The molecule has 1 aromatic rings. The van der Waals surface area contributed by atoms with Gasteiger partial charge in [0.25, 0.3) is 0 Å². The lowest BCUT2D eigenvalue weighted by Gasteiger charge is -2.30. The highest BCUT2D eigenvalue weighted by atomic mass is 32.2. The Morgan fingerprint density at radius 3 is 1.62 bits per heavy atom. The minimum atomic E-state index is -6.50. The molecule has 0 bridgehead atoms. The van der Waals surface area contributed by atoms with Crippen molar-refractivity contribution in [2.45, 2.75) is 22.9 Å². The van der Waals surface area contributed by atoms with E-state index < -0.39 is 44.3 Å². The van der Waals surface area contributed by atoms with Gasteiger partial charge in [-0.05, 0) is 12.1 Å². The SMILES string of the molecule is NS(=O)(=O)c1ccc(C(F)(C(F)(F)F)C(F)(F)F)c(F)c1. The number of rotatable bonds is 2. The fraction of sp³-hybridized carbons (Fsp3) is 0.333. The number of halogens is 8. The van der Waals surface area contributed by atoms with Crippen LogP contribution >= 0.6 is 0 Å². The Morgan fingerprint density at radius 2 is 1.33 bits per heavy atom. The highest BCUT2D eigenvalue weighted by molar-refractivity contribution is 7.89. The predicted octanol–water partition coefficient (Wildman–Crippen LogP) is 2.76. The molecule has 0 radical (unpaired) electrons. The first-order valence-electron chi connectivity index (χ1n) is 4.77. The highest BCUT2D eigenvalue weighted by Crippen LogP contribution is 2.53. The van der Waals surface area contributed by atoms with Crippen LogP contribution in [0.2, 0.25) is 0 Å². The standard InChI is InChI=1S/C9H5F8NO2S/c10-6-3-4(21(18,19)20)1-2-5(6)7(11,8(12,13)14)9(15,16)17/h1-3H,(H2,18,19,20). The Bertz CT molecular complexity index is 635. The first kappa shape index (κ1) is 17.6. The third-order valence-corrected chi connectivity index (χ3v) is 3.33. The maximum Gasteiger partial charge on any atom is 0.436 e. The van der Waals surface area contributed by atoms with Gasteiger partial charge in [0, 0.05) is 5.56 Å². The maximum atomic E-state index is 13.6. The molecule has 0 heterocycles. The average molecular weight is 343 g/mol. The van der Waals surface area contributed by atoms with Gasteiger partial charge in [0.15, 0.2) is 0 Å². The molecule has 0 saturated carbocycles. The number of sulfonamides is 1. The zero-order chi connectivity index (χ0) is 16.9. The molecular formula is C9H5F8NO2S. The lowest BCUT2D eigenvalue weighted by molar-refractivity contribution is -0.349. The second-order valence-corrected chi connectivity index (χ2v) is 5.40. The summed E-state index contributed by atoms with van der Waals surface area (Å²) in [4.78, 5) is -1.10. The molecule has 0 atom stereocenters. The van der Waals surface area contributed by atoms with Crippen LogP contribution in [0.25, 0.3) is 0 Å². The molecule has 0 unspecified atom stereocenters. The van der Waals surface area contributed by atoms with Crippen LogP contribution in [0.5, 0.6) is 0 Å². The molecule has 0 aromatic heterocycles. The fourth-order valence-electron chi connectivity index (χ4n) is 1.42. The Balaban J connectivity index is 3.64. The molecule has 1 aromatic carbocycles. The Morgan fingerprint density at radius 1 is 0.905 bits per heavy atom. The van der Waals surface area contributed by atoms with Crippen molar-refractivity contribution >= 4 is 10.0 Å². The second-order valence-electron chi connectivity index (χ2n) is 3.84. The molecule has 0 aliphatic heterocycles. The predicted molar refractivity (Wildman–Crippen MR) is 52.7 cm³/mol. The largest absolute Gasteiger partial charge is 0.436 e. The summed E-state index contributed by atoms with van der Waals surface area (Å²) in [7, 11) is -4.58. The summed E-state index contributed by atoms with van der Waals surface area (Å²) >= 11 is 0. The van der Waals surface area contributed by atoms with E-state index in [0.717, 1.165) is 0 Å². The van der Waals surface area contributed by atoms with Crippen molar-refractivity contribution in [2.24, 2.45) is 5.14 Å². The van der Waals surface area contributed by atoms with E-state index in [4.69, 9.17) is 0 Å². The van der Waals surface area contributed by atoms with Crippen LogP contribution in [0.15, 0.2) is 23.1 Å². The van der Waals surface area contributed by atoms with Gasteiger partial charge >= 0.3 is 18.0 Å². The van der Waals surface area contributed by atoms with Gasteiger partial charge in [-0.15, -0.1) is 0 Å². The number of benzene rings is 1. The Hall–Kier alpha value is -1.43. The maximum absolute atomic E-state index is 13.6. The molecule has 0 aliphatic rings. The van der Waals surface area contributed by atoms with Crippen LogP contribution in [-0.4, -0.2) is 20.8 Å². The minimum Gasteiger partial charge on any atom is -0.225 e. The summed E-state index contributed by atoms with van der Waals surface area (Å²) in [6.07, 6.45) is -13.0. The van der Waals surface area contributed by atoms with Crippen LogP contribution in [0.1, 0.15) is 5.56 Å². The lowest BCUT2D eigenvalue weighted by atomic mass is 9.94. The van der Waals surface area contributed by atoms with Crippen LogP contribution in [0.4, 0.5) is 35.1 Å². The van der Waals surface area contributed by atoms with Gasteiger partial charge in [-0.3, -0.25) is 0 Å². The van der Waals surface area contributed by atoms with Crippen molar-refractivity contribution in [2.75, 3.05) is 0 Å². The molecule has 0 fully saturated rings. The van der Waals surface area contributed by atoms with E-state index in [1.807, 2.05) is 0 Å². The molecule has 1 rings (SSSR count). The molecule has 0 amide bonds. The Kier molecular flexibility index (Phi) is 4.03. The summed E-state index contributed by atoms with van der Waals surface area (Å²) in [5, 5.41) is 4.52. The topological polar surface area (TPSA) is 60.2 Å². The molecular weight excluding hydrogens is 338 g/mol. The smallest absolute Gasteiger partial charge is 0.225 e. The first-order valence-corrected chi connectivity index (χ1v) is 6.32. The summed E-state index contributed by atoms with van der Waals surface area (Å²) in [6, 6.07) is -0.355. The summed E-state index contributed by atoms with van der Waals surface area (Å²) in [5.74, 6) is -2.35. The van der Waals surface area contributed by atoms with Crippen molar-refractivity contribution < 1.29 is 43.5 Å². The number of alkyl halides is 7. The fourth-order valence-corrected chi connectivity index (χ4v) is 1.94. The van der Waals surface area contributed by atoms with Crippen molar-refractivity contribution in [3.05, 3.63) is 29.6 Å².